The molecule has 262 valence electrons. The molecule has 4 rings (SSSR count). The van der Waals surface area contributed by atoms with Gasteiger partial charge in [0.1, 0.15) is 11.9 Å². The molecule has 8 atom stereocenters. The highest BCUT2D eigenvalue weighted by Crippen LogP contribution is 2.65. The van der Waals surface area contributed by atoms with Gasteiger partial charge < -0.3 is 15.7 Å². The largest absolute Gasteiger partial charge is 0.383 e. The van der Waals surface area contributed by atoms with Crippen LogP contribution in [0, 0.1) is 46.3 Å². The summed E-state index contributed by atoms with van der Waals surface area (Å²) in [5.74, 6) is -2.30. The van der Waals surface area contributed by atoms with E-state index >= 15 is 0 Å². The molecule has 1 heterocycles. The number of aliphatic hydroxyl groups is 1. The summed E-state index contributed by atoms with van der Waals surface area (Å²) >= 11 is 0. The Morgan fingerprint density at radius 1 is 0.935 bits per heavy atom. The van der Waals surface area contributed by atoms with E-state index < -0.39 is 55.1 Å². The second-order valence-corrected chi connectivity index (χ2v) is 20.7. The van der Waals surface area contributed by atoms with Gasteiger partial charge in [-0.2, -0.15) is 0 Å². The van der Waals surface area contributed by atoms with E-state index in [1.54, 1.807) is 25.7 Å². The number of primary amides is 1. The van der Waals surface area contributed by atoms with E-state index in [0.29, 0.717) is 31.7 Å². The van der Waals surface area contributed by atoms with Gasteiger partial charge in [-0.25, -0.2) is 8.42 Å². The molecule has 2 amide bonds. The number of sulfone groups is 1. The molecule has 0 spiro atoms. The average molecular weight is 665 g/mol. The highest BCUT2D eigenvalue weighted by atomic mass is 32.2. The van der Waals surface area contributed by atoms with E-state index in [9.17, 15) is 32.7 Å². The number of nitrogens with two attached hydrogens (primary N) is 1. The number of piperidine rings is 1. The minimum atomic E-state index is -3.45. The maximum Gasteiger partial charge on any atom is 0.246 e. The van der Waals surface area contributed by atoms with Crippen molar-refractivity contribution >= 4 is 33.2 Å². The summed E-state index contributed by atoms with van der Waals surface area (Å²) in [5.41, 5.74) is 4.80. The molecule has 0 aromatic rings. The summed E-state index contributed by atoms with van der Waals surface area (Å²) in [4.78, 5) is 55.9. The number of likely N-dealkylation sites (tertiary alicyclic amines) is 1. The monoisotopic (exact) mass is 664 g/mol. The lowest BCUT2D eigenvalue weighted by Gasteiger charge is -2.38. The van der Waals surface area contributed by atoms with Crippen molar-refractivity contribution in [3.63, 3.8) is 0 Å². The fourth-order valence-corrected chi connectivity index (χ4v) is 10.9. The Kier molecular flexibility index (Phi) is 10.7. The first-order valence-electron chi connectivity index (χ1n) is 17.6. The summed E-state index contributed by atoms with van der Waals surface area (Å²) in [6, 6.07) is -0.670. The predicted molar refractivity (Wildman–Crippen MR) is 178 cm³/mol. The van der Waals surface area contributed by atoms with Crippen LogP contribution in [0.5, 0.6) is 0 Å². The highest BCUT2D eigenvalue weighted by Gasteiger charge is 2.69. The van der Waals surface area contributed by atoms with Crippen LogP contribution in [0.25, 0.3) is 0 Å². The summed E-state index contributed by atoms with van der Waals surface area (Å²) in [7, 11) is -3.45. The fraction of sp³-hybridized carbons (Fsp3) is 0.889. The smallest absolute Gasteiger partial charge is 0.246 e. The number of hydrogen-bond acceptors (Lipinski definition) is 7. The van der Waals surface area contributed by atoms with Gasteiger partial charge in [0.15, 0.2) is 15.6 Å². The maximum atomic E-state index is 14.4. The highest BCUT2D eigenvalue weighted by molar-refractivity contribution is 7.93. The van der Waals surface area contributed by atoms with Gasteiger partial charge in [0.05, 0.1) is 16.0 Å². The second kappa shape index (κ2) is 13.2. The molecular formula is C36H60N2O7S. The number of amides is 2. The number of rotatable bonds is 13. The lowest BCUT2D eigenvalue weighted by Crippen LogP contribution is -2.51. The van der Waals surface area contributed by atoms with Crippen molar-refractivity contribution in [2.24, 2.45) is 52.1 Å². The van der Waals surface area contributed by atoms with E-state index in [1.165, 1.54) is 0 Å². The fourth-order valence-electron chi connectivity index (χ4n) is 8.81. The molecule has 2 unspecified atom stereocenters. The molecule has 0 bridgehead atoms. The lowest BCUT2D eigenvalue weighted by molar-refractivity contribution is -0.148. The van der Waals surface area contributed by atoms with Crippen molar-refractivity contribution in [1.82, 2.24) is 4.90 Å². The molecule has 46 heavy (non-hydrogen) atoms. The van der Waals surface area contributed by atoms with Crippen LogP contribution in [0.3, 0.4) is 0 Å². The summed E-state index contributed by atoms with van der Waals surface area (Å²) in [6.07, 6.45) is 5.33. The van der Waals surface area contributed by atoms with Crippen molar-refractivity contribution in [1.29, 1.82) is 0 Å². The van der Waals surface area contributed by atoms with Crippen LogP contribution in [0.1, 0.15) is 126 Å². The van der Waals surface area contributed by atoms with Crippen LogP contribution in [-0.2, 0) is 29.0 Å². The Morgan fingerprint density at radius 2 is 1.54 bits per heavy atom. The van der Waals surface area contributed by atoms with Gasteiger partial charge in [0.2, 0.25) is 11.8 Å². The number of Topliss-reactive ketones (excluding diaryl/α,β-unsaturated/α-hetero) is 2. The maximum absolute atomic E-state index is 14.4. The Morgan fingerprint density at radius 3 is 2.07 bits per heavy atom. The molecule has 4 aliphatic rings. The van der Waals surface area contributed by atoms with E-state index in [2.05, 4.69) is 13.8 Å². The first-order valence-corrected chi connectivity index (χ1v) is 19.2. The van der Waals surface area contributed by atoms with Crippen LogP contribution < -0.4 is 5.73 Å². The van der Waals surface area contributed by atoms with Gasteiger partial charge >= 0.3 is 0 Å². The molecule has 1 saturated heterocycles. The molecule has 10 heteroatoms. The molecule has 3 N–H and O–H groups in total. The quantitative estimate of drug-likeness (QED) is 0.285. The van der Waals surface area contributed by atoms with Crippen LogP contribution >= 0.6 is 0 Å². The Balaban J connectivity index is 1.53. The van der Waals surface area contributed by atoms with E-state index in [-0.39, 0.29) is 59.9 Å². The number of aliphatic hydroxyl groups excluding tert-OH is 1. The first-order chi connectivity index (χ1) is 21.1. The number of fused-ring (bicyclic) bond motifs is 1. The molecule has 4 fully saturated rings. The number of ketones is 2. The number of carbonyl (C=O) groups excluding carboxylic acids is 4. The van der Waals surface area contributed by atoms with Gasteiger partial charge in [-0.05, 0) is 74.5 Å². The van der Waals surface area contributed by atoms with Crippen LogP contribution in [-0.4, -0.2) is 70.5 Å². The summed E-state index contributed by atoms with van der Waals surface area (Å²) < 4.78 is 26.0. The van der Waals surface area contributed by atoms with Crippen LogP contribution in [0.4, 0.5) is 0 Å². The molecule has 0 aromatic carbocycles. The molecule has 9 nitrogen and oxygen atoms in total. The van der Waals surface area contributed by atoms with Gasteiger partial charge in [-0.1, -0.05) is 66.7 Å². The Hall–Kier alpha value is -1.81. The van der Waals surface area contributed by atoms with Gasteiger partial charge in [-0.3, -0.25) is 19.2 Å². The zero-order valence-corrected chi connectivity index (χ0v) is 30.3. The number of nitrogens with zero attached hydrogens (tertiary/aromatic N) is 1. The van der Waals surface area contributed by atoms with E-state index in [0.717, 1.165) is 32.1 Å². The van der Waals surface area contributed by atoms with Crippen LogP contribution in [0.2, 0.25) is 0 Å². The predicted octanol–water partition coefficient (Wildman–Crippen LogP) is 4.86. The van der Waals surface area contributed by atoms with Crippen molar-refractivity contribution < 1.29 is 32.7 Å². The third kappa shape index (κ3) is 7.42. The van der Waals surface area contributed by atoms with Crippen molar-refractivity contribution in [3.8, 4) is 0 Å². The Bertz CT molecular complexity index is 1290. The molecule has 0 radical (unpaired) electrons. The normalized spacial score (nSPS) is 30.1. The van der Waals surface area contributed by atoms with Crippen LogP contribution in [0.15, 0.2) is 0 Å². The SMILES string of the molecule is CC(C)(C)[C@H](CC(=O)C[C@H]1CCCC[C@H]1S(=O)(=O)C(C)(C)C)C(=O)N1C[C@H]2[C@@H]([C@H]1C(=O)CC(CC1CCC1)C(O)C(N)=O)C2(C)C. The minimum absolute atomic E-state index is 0.00193. The topological polar surface area (TPSA) is 152 Å². The van der Waals surface area contributed by atoms with Gasteiger partial charge in [0, 0.05) is 37.6 Å². The van der Waals surface area contributed by atoms with Gasteiger partial charge in [0.25, 0.3) is 0 Å². The molecular weight excluding hydrogens is 604 g/mol. The lowest BCUT2D eigenvalue weighted by atomic mass is 9.74. The van der Waals surface area contributed by atoms with E-state index in [1.807, 2.05) is 20.8 Å². The summed E-state index contributed by atoms with van der Waals surface area (Å²) in [6.45, 7) is 15.6. The van der Waals surface area contributed by atoms with Crippen molar-refractivity contribution in [2.45, 2.75) is 148 Å². The summed E-state index contributed by atoms with van der Waals surface area (Å²) in [5, 5.41) is 10.1. The molecule has 3 aliphatic carbocycles. The van der Waals surface area contributed by atoms with E-state index in [4.69, 9.17) is 5.73 Å². The van der Waals surface area contributed by atoms with Crippen molar-refractivity contribution in [3.05, 3.63) is 0 Å². The number of hydrogen-bond donors (Lipinski definition) is 2. The standard InChI is InChI=1S/C36H60N2O7S/c1-34(2,3)25(19-24(39)17-22-14-9-10-15-28(22)46(44,45)35(4,5)6)33(43)38-20-26-29(36(26,7)8)30(38)27(40)18-23(31(41)32(37)42)16-21-12-11-13-21/h21-23,25-26,28-31,41H,9-20H2,1-8H3,(H2,37,42)/t22-,23?,25-,26+,28-,29+,30-,31?/m1/s1. The molecule has 0 aromatic heterocycles. The zero-order chi connectivity index (χ0) is 34.6. The average Bonchev–Trinajstić information content (AvgIpc) is 3.23. The minimum Gasteiger partial charge on any atom is -0.383 e. The Labute approximate surface area is 277 Å². The third-order valence-corrected chi connectivity index (χ3v) is 15.4. The molecule has 1 aliphatic heterocycles. The van der Waals surface area contributed by atoms with Gasteiger partial charge in [-0.15, -0.1) is 0 Å². The third-order valence-electron chi connectivity index (χ3n) is 12.2. The molecule has 3 saturated carbocycles. The van der Waals surface area contributed by atoms with Crippen molar-refractivity contribution in [2.75, 3.05) is 6.54 Å². The number of carbonyl (C=O) groups is 4. The zero-order valence-electron chi connectivity index (χ0n) is 29.5. The first kappa shape index (κ1) is 37.0. The second-order valence-electron chi connectivity index (χ2n) is 17.8.